The van der Waals surface area contributed by atoms with Crippen molar-refractivity contribution in [2.45, 2.75) is 76.9 Å². The Morgan fingerprint density at radius 3 is 2.68 bits per heavy atom. The molecule has 4 atom stereocenters. The standard InChI is InChI=1S/C16H32N2S/c1-3-19-12-13(2)18-16-10-5-4-8-14(16)15-9-6-7-11-17-15/h13-18H,3-12H2,1-2H3. The first kappa shape index (κ1) is 15.7. The van der Waals surface area contributed by atoms with Gasteiger partial charge < -0.3 is 10.6 Å². The van der Waals surface area contributed by atoms with E-state index in [-0.39, 0.29) is 0 Å². The molecule has 2 aliphatic rings. The number of nitrogens with one attached hydrogen (secondary N) is 2. The summed E-state index contributed by atoms with van der Waals surface area (Å²) in [5.41, 5.74) is 0. The van der Waals surface area contributed by atoms with Crippen LogP contribution in [0.2, 0.25) is 0 Å². The van der Waals surface area contributed by atoms with Gasteiger partial charge in [0.1, 0.15) is 0 Å². The van der Waals surface area contributed by atoms with E-state index in [1.807, 2.05) is 0 Å². The SMILES string of the molecule is CCSCC(C)NC1CCCCC1C1CCCCN1. The van der Waals surface area contributed by atoms with Gasteiger partial charge in [-0.05, 0) is 50.8 Å². The Balaban J connectivity index is 1.84. The van der Waals surface area contributed by atoms with E-state index in [9.17, 15) is 0 Å². The van der Waals surface area contributed by atoms with Crippen molar-refractivity contribution in [3.63, 3.8) is 0 Å². The van der Waals surface area contributed by atoms with Crippen molar-refractivity contribution in [2.24, 2.45) is 5.92 Å². The van der Waals surface area contributed by atoms with E-state index in [2.05, 4.69) is 36.2 Å². The molecule has 0 radical (unpaired) electrons. The summed E-state index contributed by atoms with van der Waals surface area (Å²) in [6.45, 7) is 5.87. The molecule has 112 valence electrons. The summed E-state index contributed by atoms with van der Waals surface area (Å²) in [7, 11) is 0. The zero-order valence-electron chi connectivity index (χ0n) is 12.8. The zero-order valence-corrected chi connectivity index (χ0v) is 13.6. The molecule has 1 saturated carbocycles. The van der Waals surface area contributed by atoms with Crippen LogP contribution >= 0.6 is 11.8 Å². The molecule has 2 fully saturated rings. The molecule has 19 heavy (non-hydrogen) atoms. The Labute approximate surface area is 123 Å². The van der Waals surface area contributed by atoms with Gasteiger partial charge in [-0.3, -0.25) is 0 Å². The van der Waals surface area contributed by atoms with Gasteiger partial charge in [0, 0.05) is 23.9 Å². The third-order valence-corrected chi connectivity index (χ3v) is 5.90. The molecule has 3 heteroatoms. The van der Waals surface area contributed by atoms with Crippen molar-refractivity contribution in [2.75, 3.05) is 18.1 Å². The fourth-order valence-electron chi connectivity index (χ4n) is 3.80. The third kappa shape index (κ3) is 4.95. The Bertz CT molecular complexity index is 241. The summed E-state index contributed by atoms with van der Waals surface area (Å²) in [5, 5.41) is 7.73. The lowest BCUT2D eigenvalue weighted by Gasteiger charge is -2.41. The first-order valence-electron chi connectivity index (χ1n) is 8.38. The first-order chi connectivity index (χ1) is 9.31. The van der Waals surface area contributed by atoms with Crippen molar-refractivity contribution < 1.29 is 0 Å². The second-order valence-corrected chi connectivity index (χ2v) is 7.66. The Kier molecular flexibility index (Phi) is 7.03. The summed E-state index contributed by atoms with van der Waals surface area (Å²) < 4.78 is 0. The minimum atomic E-state index is 0.666. The van der Waals surface area contributed by atoms with Crippen LogP contribution in [0, 0.1) is 5.92 Å². The van der Waals surface area contributed by atoms with Gasteiger partial charge in [-0.1, -0.05) is 26.2 Å². The molecule has 0 bridgehead atoms. The number of hydrogen-bond donors (Lipinski definition) is 2. The number of thioether (sulfide) groups is 1. The number of rotatable bonds is 6. The van der Waals surface area contributed by atoms with Crippen LogP contribution in [0.15, 0.2) is 0 Å². The second kappa shape index (κ2) is 8.53. The summed E-state index contributed by atoms with van der Waals surface area (Å²) in [5.74, 6) is 3.38. The van der Waals surface area contributed by atoms with Crippen LogP contribution in [0.3, 0.4) is 0 Å². The lowest BCUT2D eigenvalue weighted by Crippen LogP contribution is -2.52. The molecule has 2 N–H and O–H groups in total. The van der Waals surface area contributed by atoms with E-state index in [4.69, 9.17) is 0 Å². The molecule has 1 aliphatic heterocycles. The molecule has 2 nitrogen and oxygen atoms in total. The third-order valence-electron chi connectivity index (χ3n) is 4.76. The van der Waals surface area contributed by atoms with Gasteiger partial charge in [0.25, 0.3) is 0 Å². The molecular weight excluding hydrogens is 252 g/mol. The zero-order chi connectivity index (χ0) is 13.5. The maximum Gasteiger partial charge on any atom is 0.0132 e. The van der Waals surface area contributed by atoms with Gasteiger partial charge in [-0.2, -0.15) is 11.8 Å². The predicted octanol–water partition coefficient (Wildman–Crippen LogP) is 3.42. The van der Waals surface area contributed by atoms with Crippen molar-refractivity contribution in [3.05, 3.63) is 0 Å². The maximum atomic E-state index is 3.94. The fraction of sp³-hybridized carbons (Fsp3) is 1.00. The summed E-state index contributed by atoms with van der Waals surface area (Å²) in [4.78, 5) is 0. The molecule has 2 rings (SSSR count). The average Bonchev–Trinajstić information content (AvgIpc) is 2.46. The highest BCUT2D eigenvalue weighted by Gasteiger charge is 2.32. The predicted molar refractivity (Wildman–Crippen MR) is 87.0 cm³/mol. The fourth-order valence-corrected chi connectivity index (χ4v) is 4.49. The Morgan fingerprint density at radius 1 is 1.16 bits per heavy atom. The van der Waals surface area contributed by atoms with E-state index in [0.29, 0.717) is 6.04 Å². The van der Waals surface area contributed by atoms with Crippen molar-refractivity contribution >= 4 is 11.8 Å². The second-order valence-electron chi connectivity index (χ2n) is 6.34. The highest BCUT2D eigenvalue weighted by molar-refractivity contribution is 7.99. The smallest absolute Gasteiger partial charge is 0.0132 e. The van der Waals surface area contributed by atoms with Gasteiger partial charge >= 0.3 is 0 Å². The van der Waals surface area contributed by atoms with E-state index in [1.165, 1.54) is 63.0 Å². The molecule has 1 heterocycles. The molecule has 1 saturated heterocycles. The van der Waals surface area contributed by atoms with Crippen LogP contribution in [0.5, 0.6) is 0 Å². The summed E-state index contributed by atoms with van der Waals surface area (Å²) in [6, 6.07) is 2.22. The molecule has 0 spiro atoms. The quantitative estimate of drug-likeness (QED) is 0.781. The van der Waals surface area contributed by atoms with Crippen LogP contribution < -0.4 is 10.6 Å². The lowest BCUT2D eigenvalue weighted by atomic mass is 9.77. The highest BCUT2D eigenvalue weighted by atomic mass is 32.2. The van der Waals surface area contributed by atoms with Gasteiger partial charge in [0.05, 0.1) is 0 Å². The molecular formula is C16H32N2S. The maximum absolute atomic E-state index is 3.94. The summed E-state index contributed by atoms with van der Waals surface area (Å²) >= 11 is 2.06. The molecule has 0 aromatic carbocycles. The molecule has 4 unspecified atom stereocenters. The van der Waals surface area contributed by atoms with Crippen molar-refractivity contribution in [1.29, 1.82) is 0 Å². The van der Waals surface area contributed by atoms with Gasteiger partial charge in [-0.25, -0.2) is 0 Å². The van der Waals surface area contributed by atoms with Crippen LogP contribution in [0.25, 0.3) is 0 Å². The lowest BCUT2D eigenvalue weighted by molar-refractivity contribution is 0.176. The monoisotopic (exact) mass is 284 g/mol. The Morgan fingerprint density at radius 2 is 1.95 bits per heavy atom. The van der Waals surface area contributed by atoms with Crippen LogP contribution in [0.4, 0.5) is 0 Å². The van der Waals surface area contributed by atoms with Crippen molar-refractivity contribution in [3.8, 4) is 0 Å². The first-order valence-corrected chi connectivity index (χ1v) is 9.54. The van der Waals surface area contributed by atoms with Crippen LogP contribution in [-0.2, 0) is 0 Å². The molecule has 0 aromatic rings. The average molecular weight is 285 g/mol. The number of hydrogen-bond acceptors (Lipinski definition) is 3. The van der Waals surface area contributed by atoms with Crippen molar-refractivity contribution in [1.82, 2.24) is 10.6 Å². The number of piperidine rings is 1. The van der Waals surface area contributed by atoms with Gasteiger partial charge in [0.15, 0.2) is 0 Å². The normalized spacial score (nSPS) is 34.1. The molecule has 1 aliphatic carbocycles. The summed E-state index contributed by atoms with van der Waals surface area (Å²) in [6.07, 6.45) is 9.91. The van der Waals surface area contributed by atoms with E-state index in [1.54, 1.807) is 0 Å². The van der Waals surface area contributed by atoms with Gasteiger partial charge in [0.2, 0.25) is 0 Å². The molecule has 0 aromatic heterocycles. The topological polar surface area (TPSA) is 24.1 Å². The van der Waals surface area contributed by atoms with E-state index < -0.39 is 0 Å². The van der Waals surface area contributed by atoms with E-state index >= 15 is 0 Å². The minimum absolute atomic E-state index is 0.666. The molecule has 0 amide bonds. The minimum Gasteiger partial charge on any atom is -0.314 e. The van der Waals surface area contributed by atoms with E-state index in [0.717, 1.165) is 18.0 Å². The van der Waals surface area contributed by atoms with Gasteiger partial charge in [-0.15, -0.1) is 0 Å². The largest absolute Gasteiger partial charge is 0.314 e. The highest BCUT2D eigenvalue weighted by Crippen LogP contribution is 2.30. The Hall–Kier alpha value is 0.270. The van der Waals surface area contributed by atoms with Crippen LogP contribution in [0.1, 0.15) is 58.8 Å². The van der Waals surface area contributed by atoms with Crippen LogP contribution in [-0.4, -0.2) is 36.2 Å².